The second-order valence-electron chi connectivity index (χ2n) is 6.42. The Morgan fingerprint density at radius 1 is 1.40 bits per heavy atom. The van der Waals surface area contributed by atoms with Crippen molar-refractivity contribution in [2.75, 3.05) is 29.9 Å². The van der Waals surface area contributed by atoms with Gasteiger partial charge >= 0.3 is 0 Å². The Labute approximate surface area is 122 Å². The molecular formula is C16H27N3O. The zero-order valence-electron chi connectivity index (χ0n) is 13.1. The third-order valence-corrected chi connectivity index (χ3v) is 3.34. The number of hydrogen-bond donors (Lipinski definition) is 1. The first kappa shape index (κ1) is 15.1. The highest BCUT2D eigenvalue weighted by Gasteiger charge is 2.21. The van der Waals surface area contributed by atoms with Crippen LogP contribution < -0.4 is 10.2 Å². The lowest BCUT2D eigenvalue weighted by molar-refractivity contribution is 0.0525. The van der Waals surface area contributed by atoms with Gasteiger partial charge in [-0.15, -0.1) is 0 Å². The van der Waals surface area contributed by atoms with Crippen molar-refractivity contribution in [3.8, 4) is 0 Å². The molecule has 2 heterocycles. The predicted molar refractivity (Wildman–Crippen MR) is 84.5 cm³/mol. The number of rotatable bonds is 4. The molecular weight excluding hydrogens is 250 g/mol. The molecule has 1 fully saturated rings. The molecule has 1 atom stereocenters. The third-order valence-electron chi connectivity index (χ3n) is 3.34. The molecule has 0 spiro atoms. The Bertz CT molecular complexity index is 426. The Balaban J connectivity index is 2.06. The number of piperidine rings is 1. The van der Waals surface area contributed by atoms with Gasteiger partial charge in [-0.2, -0.15) is 0 Å². The summed E-state index contributed by atoms with van der Waals surface area (Å²) >= 11 is 0. The molecule has 0 bridgehead atoms. The van der Waals surface area contributed by atoms with E-state index in [1.54, 1.807) is 0 Å². The average Bonchev–Trinajstić information content (AvgIpc) is 2.38. The summed E-state index contributed by atoms with van der Waals surface area (Å²) in [6.07, 6.45) is 2.67. The Morgan fingerprint density at radius 2 is 2.20 bits per heavy atom. The summed E-state index contributed by atoms with van der Waals surface area (Å²) < 4.78 is 5.76. The van der Waals surface area contributed by atoms with Gasteiger partial charge in [0, 0.05) is 25.2 Å². The van der Waals surface area contributed by atoms with Gasteiger partial charge in [0.25, 0.3) is 0 Å². The van der Waals surface area contributed by atoms with Crippen LogP contribution in [-0.2, 0) is 4.74 Å². The Kier molecular flexibility index (Phi) is 4.86. The second kappa shape index (κ2) is 6.44. The molecule has 20 heavy (non-hydrogen) atoms. The van der Waals surface area contributed by atoms with Crippen LogP contribution >= 0.6 is 0 Å². The predicted octanol–water partition coefficient (Wildman–Crippen LogP) is 3.30. The Hall–Kier alpha value is -1.29. The van der Waals surface area contributed by atoms with E-state index >= 15 is 0 Å². The van der Waals surface area contributed by atoms with E-state index in [2.05, 4.69) is 50.0 Å². The molecule has 1 aliphatic heterocycles. The van der Waals surface area contributed by atoms with Gasteiger partial charge in [0.1, 0.15) is 11.6 Å². The molecule has 1 aromatic heterocycles. The summed E-state index contributed by atoms with van der Waals surface area (Å²) in [7, 11) is 0. The molecule has 0 radical (unpaired) electrons. The van der Waals surface area contributed by atoms with Crippen molar-refractivity contribution in [1.29, 1.82) is 0 Å². The number of pyridine rings is 1. The summed E-state index contributed by atoms with van der Waals surface area (Å²) in [5.74, 6) is 1.98. The van der Waals surface area contributed by atoms with Crippen molar-refractivity contribution in [2.45, 2.75) is 52.2 Å². The highest BCUT2D eigenvalue weighted by molar-refractivity contribution is 5.48. The Morgan fingerprint density at radius 3 is 2.90 bits per heavy atom. The first-order chi connectivity index (χ1) is 9.48. The van der Waals surface area contributed by atoms with Crippen LogP contribution in [0.15, 0.2) is 18.2 Å². The minimum Gasteiger partial charge on any atom is -0.377 e. The van der Waals surface area contributed by atoms with Crippen molar-refractivity contribution in [2.24, 2.45) is 0 Å². The molecule has 4 heteroatoms. The van der Waals surface area contributed by atoms with Gasteiger partial charge in [-0.1, -0.05) is 6.07 Å². The highest BCUT2D eigenvalue weighted by atomic mass is 16.5. The van der Waals surface area contributed by atoms with Crippen molar-refractivity contribution < 1.29 is 4.74 Å². The maximum atomic E-state index is 5.76. The van der Waals surface area contributed by atoms with Crippen LogP contribution in [0.4, 0.5) is 11.6 Å². The van der Waals surface area contributed by atoms with E-state index in [0.29, 0.717) is 6.10 Å². The maximum Gasteiger partial charge on any atom is 0.131 e. The van der Waals surface area contributed by atoms with Crippen molar-refractivity contribution in [3.63, 3.8) is 0 Å². The van der Waals surface area contributed by atoms with Crippen LogP contribution in [0.2, 0.25) is 0 Å². The number of ether oxygens (including phenoxy) is 1. The molecule has 1 aliphatic rings. The minimum absolute atomic E-state index is 0.0291. The number of hydrogen-bond acceptors (Lipinski definition) is 4. The molecule has 1 unspecified atom stereocenters. The second-order valence-corrected chi connectivity index (χ2v) is 6.42. The zero-order valence-corrected chi connectivity index (χ0v) is 13.1. The molecule has 0 aliphatic carbocycles. The minimum atomic E-state index is 0.0291. The van der Waals surface area contributed by atoms with E-state index in [-0.39, 0.29) is 5.54 Å². The van der Waals surface area contributed by atoms with E-state index < -0.39 is 0 Å². The summed E-state index contributed by atoms with van der Waals surface area (Å²) in [4.78, 5) is 7.07. The highest BCUT2D eigenvalue weighted by Crippen LogP contribution is 2.22. The largest absolute Gasteiger partial charge is 0.377 e. The fourth-order valence-corrected chi connectivity index (χ4v) is 2.57. The quantitative estimate of drug-likeness (QED) is 0.916. The van der Waals surface area contributed by atoms with Crippen LogP contribution in [0.1, 0.15) is 40.5 Å². The van der Waals surface area contributed by atoms with E-state index in [1.165, 1.54) is 6.42 Å². The van der Waals surface area contributed by atoms with E-state index in [9.17, 15) is 0 Å². The first-order valence-corrected chi connectivity index (χ1v) is 7.60. The van der Waals surface area contributed by atoms with Crippen molar-refractivity contribution in [3.05, 3.63) is 18.2 Å². The summed E-state index contributed by atoms with van der Waals surface area (Å²) in [6.45, 7) is 11.3. The standard InChI is InChI=1S/C16H27N3O/c1-5-20-13-8-7-11-19(12-13)15-10-6-9-14(17-15)18-16(2,3)4/h6,9-10,13H,5,7-8,11-12H2,1-4H3,(H,17,18). The number of nitrogens with one attached hydrogen (secondary N) is 1. The average molecular weight is 277 g/mol. The van der Waals surface area contributed by atoms with Crippen molar-refractivity contribution >= 4 is 11.6 Å². The molecule has 1 saturated heterocycles. The van der Waals surface area contributed by atoms with Gasteiger partial charge in [0.2, 0.25) is 0 Å². The van der Waals surface area contributed by atoms with Crippen LogP contribution in [0, 0.1) is 0 Å². The number of anilines is 2. The van der Waals surface area contributed by atoms with E-state index in [4.69, 9.17) is 9.72 Å². The molecule has 0 saturated carbocycles. The fourth-order valence-electron chi connectivity index (χ4n) is 2.57. The third kappa shape index (κ3) is 4.37. The SMILES string of the molecule is CCOC1CCCN(c2cccc(NC(C)(C)C)n2)C1. The van der Waals surface area contributed by atoms with E-state index in [0.717, 1.165) is 37.8 Å². The van der Waals surface area contributed by atoms with Gasteiger partial charge in [0.15, 0.2) is 0 Å². The lowest BCUT2D eigenvalue weighted by Gasteiger charge is -2.33. The summed E-state index contributed by atoms with van der Waals surface area (Å²) in [5, 5.41) is 3.43. The zero-order chi connectivity index (χ0) is 14.6. The van der Waals surface area contributed by atoms with E-state index in [1.807, 2.05) is 6.07 Å². The lowest BCUT2D eigenvalue weighted by atomic mass is 10.1. The first-order valence-electron chi connectivity index (χ1n) is 7.60. The lowest BCUT2D eigenvalue weighted by Crippen LogP contribution is -2.40. The van der Waals surface area contributed by atoms with Crippen LogP contribution in [0.25, 0.3) is 0 Å². The molecule has 112 valence electrons. The smallest absolute Gasteiger partial charge is 0.131 e. The molecule has 0 aromatic carbocycles. The van der Waals surface area contributed by atoms with Gasteiger partial charge < -0.3 is 15.0 Å². The number of nitrogens with zero attached hydrogens (tertiary/aromatic N) is 2. The molecule has 4 nitrogen and oxygen atoms in total. The normalized spacial score (nSPS) is 20.0. The summed E-state index contributed by atoms with van der Waals surface area (Å²) in [6, 6.07) is 6.18. The molecule has 2 rings (SSSR count). The summed E-state index contributed by atoms with van der Waals surface area (Å²) in [5.41, 5.74) is 0.0291. The van der Waals surface area contributed by atoms with Crippen LogP contribution in [0.5, 0.6) is 0 Å². The van der Waals surface area contributed by atoms with Crippen molar-refractivity contribution in [1.82, 2.24) is 4.98 Å². The molecule has 0 amide bonds. The van der Waals surface area contributed by atoms with Gasteiger partial charge in [-0.05, 0) is 52.7 Å². The number of aromatic nitrogens is 1. The van der Waals surface area contributed by atoms with Gasteiger partial charge in [-0.25, -0.2) is 4.98 Å². The molecule has 1 N–H and O–H groups in total. The fraction of sp³-hybridized carbons (Fsp3) is 0.688. The van der Waals surface area contributed by atoms with Crippen LogP contribution in [-0.4, -0.2) is 36.3 Å². The monoisotopic (exact) mass is 277 g/mol. The van der Waals surface area contributed by atoms with Gasteiger partial charge in [-0.3, -0.25) is 0 Å². The molecule has 1 aromatic rings. The van der Waals surface area contributed by atoms with Gasteiger partial charge in [0.05, 0.1) is 6.10 Å². The van der Waals surface area contributed by atoms with Crippen LogP contribution in [0.3, 0.4) is 0 Å². The maximum absolute atomic E-state index is 5.76. The topological polar surface area (TPSA) is 37.4 Å².